The Labute approximate surface area is 86.7 Å². The normalized spacial score (nSPS) is 26.8. The Bertz CT molecular complexity index is 188. The van der Waals surface area contributed by atoms with E-state index in [0.717, 1.165) is 25.7 Å². The summed E-state index contributed by atoms with van der Waals surface area (Å²) in [4.78, 5) is 4.97. The van der Waals surface area contributed by atoms with Gasteiger partial charge in [-0.25, -0.2) is 0 Å². The van der Waals surface area contributed by atoms with E-state index in [1.165, 1.54) is 25.9 Å². The van der Waals surface area contributed by atoms with E-state index in [1.807, 2.05) is 13.8 Å². The van der Waals surface area contributed by atoms with Gasteiger partial charge in [0.15, 0.2) is 0 Å². The average Bonchev–Trinajstić information content (AvgIpc) is 2.85. The predicted molar refractivity (Wildman–Crippen MR) is 57.3 cm³/mol. The molecule has 3 nitrogen and oxygen atoms in total. The van der Waals surface area contributed by atoms with E-state index >= 15 is 0 Å². The predicted octanol–water partition coefficient (Wildman–Crippen LogP) is 0.537. The number of nitrogens with zero attached hydrogens (tertiary/aromatic N) is 2. The van der Waals surface area contributed by atoms with Gasteiger partial charge in [-0.1, -0.05) is 0 Å². The molecule has 3 heteroatoms. The first-order valence-electron chi connectivity index (χ1n) is 5.73. The Morgan fingerprint density at radius 1 is 1.14 bits per heavy atom. The van der Waals surface area contributed by atoms with Gasteiger partial charge >= 0.3 is 0 Å². The van der Waals surface area contributed by atoms with Crippen molar-refractivity contribution in [1.29, 1.82) is 0 Å². The van der Waals surface area contributed by atoms with Crippen LogP contribution in [0.25, 0.3) is 0 Å². The Hall–Kier alpha value is -0.120. The Morgan fingerprint density at radius 3 is 2.14 bits per heavy atom. The second-order valence-corrected chi connectivity index (χ2v) is 5.36. The molecule has 0 bridgehead atoms. The number of hydrogen-bond acceptors (Lipinski definition) is 3. The second kappa shape index (κ2) is 3.80. The summed E-state index contributed by atoms with van der Waals surface area (Å²) in [5.41, 5.74) is -0.540. The third-order valence-electron chi connectivity index (χ3n) is 3.08. The van der Waals surface area contributed by atoms with Crippen LogP contribution in [-0.4, -0.2) is 59.3 Å². The van der Waals surface area contributed by atoms with Crippen LogP contribution in [0.4, 0.5) is 0 Å². The van der Waals surface area contributed by atoms with Crippen molar-refractivity contribution in [3.05, 3.63) is 0 Å². The molecule has 1 saturated heterocycles. The van der Waals surface area contributed by atoms with Crippen molar-refractivity contribution >= 4 is 0 Å². The molecular weight excluding hydrogens is 176 g/mol. The number of β-amino-alcohol motifs (C(OH)–C–C–N with tert-alkyl or cyclic N) is 1. The molecule has 1 N–H and O–H groups in total. The van der Waals surface area contributed by atoms with Crippen LogP contribution < -0.4 is 0 Å². The molecular formula is C11H22N2O. The van der Waals surface area contributed by atoms with Gasteiger partial charge < -0.3 is 5.11 Å². The van der Waals surface area contributed by atoms with Crippen LogP contribution in [0.3, 0.4) is 0 Å². The zero-order valence-corrected chi connectivity index (χ0v) is 9.37. The molecule has 0 aromatic rings. The molecule has 0 aromatic heterocycles. The van der Waals surface area contributed by atoms with Gasteiger partial charge in [0.1, 0.15) is 0 Å². The van der Waals surface area contributed by atoms with E-state index in [2.05, 4.69) is 9.80 Å². The zero-order chi connectivity index (χ0) is 10.2. The fourth-order valence-corrected chi connectivity index (χ4v) is 2.27. The summed E-state index contributed by atoms with van der Waals surface area (Å²) in [6.45, 7) is 9.23. The molecule has 1 saturated carbocycles. The highest BCUT2D eigenvalue weighted by atomic mass is 16.3. The van der Waals surface area contributed by atoms with Crippen LogP contribution in [-0.2, 0) is 0 Å². The smallest absolute Gasteiger partial charge is 0.0718 e. The third kappa shape index (κ3) is 2.94. The largest absolute Gasteiger partial charge is 0.389 e. The van der Waals surface area contributed by atoms with Gasteiger partial charge in [-0.2, -0.15) is 0 Å². The zero-order valence-electron chi connectivity index (χ0n) is 9.37. The molecule has 0 atom stereocenters. The summed E-state index contributed by atoms with van der Waals surface area (Å²) in [6, 6.07) is 0.902. The van der Waals surface area contributed by atoms with Gasteiger partial charge in [0, 0.05) is 38.8 Å². The van der Waals surface area contributed by atoms with Gasteiger partial charge in [0.2, 0.25) is 0 Å². The minimum Gasteiger partial charge on any atom is -0.389 e. The maximum Gasteiger partial charge on any atom is 0.0718 e. The molecule has 2 rings (SSSR count). The van der Waals surface area contributed by atoms with E-state index < -0.39 is 5.60 Å². The molecule has 0 unspecified atom stereocenters. The highest BCUT2D eigenvalue weighted by Crippen LogP contribution is 2.27. The van der Waals surface area contributed by atoms with Gasteiger partial charge in [0.05, 0.1) is 5.60 Å². The van der Waals surface area contributed by atoms with E-state index in [1.54, 1.807) is 0 Å². The first kappa shape index (κ1) is 10.4. The maximum atomic E-state index is 9.70. The summed E-state index contributed by atoms with van der Waals surface area (Å²) in [5.74, 6) is 0. The molecule has 2 fully saturated rings. The minimum atomic E-state index is -0.540. The van der Waals surface area contributed by atoms with Crippen molar-refractivity contribution in [2.75, 3.05) is 32.7 Å². The summed E-state index contributed by atoms with van der Waals surface area (Å²) in [7, 11) is 0. The van der Waals surface area contributed by atoms with Crippen molar-refractivity contribution in [3.8, 4) is 0 Å². The van der Waals surface area contributed by atoms with Gasteiger partial charge in [-0.15, -0.1) is 0 Å². The van der Waals surface area contributed by atoms with Crippen molar-refractivity contribution in [3.63, 3.8) is 0 Å². The van der Waals surface area contributed by atoms with Crippen LogP contribution in [0.5, 0.6) is 0 Å². The molecule has 0 radical (unpaired) electrons. The number of piperazine rings is 1. The van der Waals surface area contributed by atoms with Crippen LogP contribution >= 0.6 is 0 Å². The molecule has 1 heterocycles. The molecule has 0 aromatic carbocycles. The van der Waals surface area contributed by atoms with Crippen LogP contribution in [0.15, 0.2) is 0 Å². The molecule has 1 aliphatic heterocycles. The SMILES string of the molecule is CC(C)(O)CN1CCN(C2CC2)CC1. The number of rotatable bonds is 3. The third-order valence-corrected chi connectivity index (χ3v) is 3.08. The first-order chi connectivity index (χ1) is 6.54. The van der Waals surface area contributed by atoms with Gasteiger partial charge in [-0.3, -0.25) is 9.80 Å². The Morgan fingerprint density at radius 2 is 1.71 bits per heavy atom. The quantitative estimate of drug-likeness (QED) is 0.717. The molecule has 82 valence electrons. The molecule has 2 aliphatic rings. The summed E-state index contributed by atoms with van der Waals surface area (Å²) in [5, 5.41) is 9.70. The second-order valence-electron chi connectivity index (χ2n) is 5.36. The number of hydrogen-bond donors (Lipinski definition) is 1. The van der Waals surface area contributed by atoms with E-state index in [0.29, 0.717) is 0 Å². The fourth-order valence-electron chi connectivity index (χ4n) is 2.27. The van der Waals surface area contributed by atoms with Crippen molar-refractivity contribution in [2.45, 2.75) is 38.3 Å². The van der Waals surface area contributed by atoms with Crippen LogP contribution in [0.2, 0.25) is 0 Å². The summed E-state index contributed by atoms with van der Waals surface area (Å²) >= 11 is 0. The van der Waals surface area contributed by atoms with Crippen LogP contribution in [0, 0.1) is 0 Å². The average molecular weight is 198 g/mol. The van der Waals surface area contributed by atoms with E-state index in [9.17, 15) is 5.11 Å². The molecule has 0 spiro atoms. The highest BCUT2D eigenvalue weighted by Gasteiger charge is 2.31. The lowest BCUT2D eigenvalue weighted by atomic mass is 10.1. The monoisotopic (exact) mass is 198 g/mol. The lowest BCUT2D eigenvalue weighted by Gasteiger charge is -2.37. The van der Waals surface area contributed by atoms with Crippen LogP contribution in [0.1, 0.15) is 26.7 Å². The standard InChI is InChI=1S/C11H22N2O/c1-11(2,14)9-12-5-7-13(8-6-12)10-3-4-10/h10,14H,3-9H2,1-2H3. The van der Waals surface area contributed by atoms with Gasteiger partial charge in [0.25, 0.3) is 0 Å². The molecule has 14 heavy (non-hydrogen) atoms. The first-order valence-corrected chi connectivity index (χ1v) is 5.73. The number of aliphatic hydroxyl groups is 1. The highest BCUT2D eigenvalue weighted by molar-refractivity contribution is 4.88. The summed E-state index contributed by atoms with van der Waals surface area (Å²) in [6.07, 6.45) is 2.82. The van der Waals surface area contributed by atoms with Crippen molar-refractivity contribution < 1.29 is 5.11 Å². The fraction of sp³-hybridized carbons (Fsp3) is 1.00. The Kier molecular flexibility index (Phi) is 2.82. The molecule has 0 amide bonds. The topological polar surface area (TPSA) is 26.7 Å². The van der Waals surface area contributed by atoms with E-state index in [-0.39, 0.29) is 0 Å². The van der Waals surface area contributed by atoms with Crippen molar-refractivity contribution in [1.82, 2.24) is 9.80 Å². The van der Waals surface area contributed by atoms with Gasteiger partial charge in [-0.05, 0) is 26.7 Å². The lowest BCUT2D eigenvalue weighted by molar-refractivity contribution is 0.0167. The molecule has 1 aliphatic carbocycles. The maximum absolute atomic E-state index is 9.70. The Balaban J connectivity index is 1.72. The summed E-state index contributed by atoms with van der Waals surface area (Å²) < 4.78 is 0. The van der Waals surface area contributed by atoms with Crippen molar-refractivity contribution in [2.24, 2.45) is 0 Å². The lowest BCUT2D eigenvalue weighted by Crippen LogP contribution is -2.50. The van der Waals surface area contributed by atoms with E-state index in [4.69, 9.17) is 0 Å². The minimum absolute atomic E-state index is 0.540.